The molecule has 4 aromatic rings. The normalized spacial score (nSPS) is 12.8. The summed E-state index contributed by atoms with van der Waals surface area (Å²) in [5, 5.41) is 13.5. The predicted octanol–water partition coefficient (Wildman–Crippen LogP) is 4.71. The quantitative estimate of drug-likeness (QED) is 0.453. The van der Waals surface area contributed by atoms with Gasteiger partial charge in [0.1, 0.15) is 18.6 Å². The van der Waals surface area contributed by atoms with E-state index in [-0.39, 0.29) is 12.3 Å². The number of fused-ring (bicyclic) bond motifs is 1. The molecule has 5 rings (SSSR count). The molecule has 2 aromatic heterocycles. The van der Waals surface area contributed by atoms with E-state index in [1.807, 2.05) is 36.4 Å². The van der Waals surface area contributed by atoms with Gasteiger partial charge in [0.15, 0.2) is 0 Å². The minimum atomic E-state index is -0.255. The Kier molecular flexibility index (Phi) is 5.64. The number of hydrogen-bond donors (Lipinski definition) is 1. The molecule has 0 aliphatic heterocycles. The van der Waals surface area contributed by atoms with Crippen LogP contribution in [0.2, 0.25) is 0 Å². The fraction of sp³-hybridized carbons (Fsp3) is 0.192. The fourth-order valence-electron chi connectivity index (χ4n) is 3.80. The molecule has 1 saturated carbocycles. The van der Waals surface area contributed by atoms with Crippen molar-refractivity contribution in [3.05, 3.63) is 78.9 Å². The van der Waals surface area contributed by atoms with Gasteiger partial charge < -0.3 is 10.2 Å². The highest BCUT2D eigenvalue weighted by Gasteiger charge is 2.22. The highest BCUT2D eigenvalue weighted by molar-refractivity contribution is 5.95. The zero-order chi connectivity index (χ0) is 22.6. The van der Waals surface area contributed by atoms with Gasteiger partial charge in [0.2, 0.25) is 5.91 Å². The van der Waals surface area contributed by atoms with E-state index in [0.717, 1.165) is 33.4 Å². The maximum atomic E-state index is 12.6. The van der Waals surface area contributed by atoms with Crippen LogP contribution in [0.5, 0.6) is 0 Å². The van der Waals surface area contributed by atoms with Crippen molar-refractivity contribution in [2.45, 2.75) is 31.8 Å². The molecular weight excluding hydrogens is 412 g/mol. The number of carbonyl (C=O) groups is 1. The highest BCUT2D eigenvalue weighted by Crippen LogP contribution is 2.31. The summed E-state index contributed by atoms with van der Waals surface area (Å²) in [5.41, 5.74) is 4.62. The van der Waals surface area contributed by atoms with Gasteiger partial charge in [-0.05, 0) is 59.9 Å². The smallest absolute Gasteiger partial charge is 0.241 e. The van der Waals surface area contributed by atoms with Crippen LogP contribution in [0.15, 0.2) is 73.3 Å². The first-order valence-electron chi connectivity index (χ1n) is 10.9. The Morgan fingerprint density at radius 2 is 1.97 bits per heavy atom. The lowest BCUT2D eigenvalue weighted by atomic mass is 10.0. The molecule has 2 aromatic carbocycles. The summed E-state index contributed by atoms with van der Waals surface area (Å²) in [7, 11) is 0. The largest absolute Gasteiger partial charge is 0.367 e. The molecule has 1 fully saturated rings. The average Bonchev–Trinajstić information content (AvgIpc) is 3.67. The SMILES string of the molecule is N#CCC(=O)N(Cc1cccc(-c2ccc3ncnc(NC4CC4)c3c2)c1)c1cccnc1. The topological polar surface area (TPSA) is 94.8 Å². The number of nitriles is 1. The van der Waals surface area contributed by atoms with Crippen LogP contribution in [0.25, 0.3) is 22.0 Å². The van der Waals surface area contributed by atoms with Crippen molar-refractivity contribution in [2.24, 2.45) is 0 Å². The number of rotatable bonds is 7. The first kappa shape index (κ1) is 20.6. The van der Waals surface area contributed by atoms with Crippen LogP contribution in [0.4, 0.5) is 11.5 Å². The third-order valence-electron chi connectivity index (χ3n) is 5.64. The molecule has 0 radical (unpaired) electrons. The first-order chi connectivity index (χ1) is 16.2. The Morgan fingerprint density at radius 1 is 1.09 bits per heavy atom. The van der Waals surface area contributed by atoms with E-state index >= 15 is 0 Å². The molecule has 1 amide bonds. The van der Waals surface area contributed by atoms with Crippen molar-refractivity contribution in [3.8, 4) is 17.2 Å². The number of benzene rings is 2. The Bertz CT molecular complexity index is 1340. The molecule has 0 saturated heterocycles. The van der Waals surface area contributed by atoms with Crippen molar-refractivity contribution >= 4 is 28.3 Å². The minimum Gasteiger partial charge on any atom is -0.367 e. The highest BCUT2D eigenvalue weighted by atomic mass is 16.2. The number of nitrogens with one attached hydrogen (secondary N) is 1. The maximum Gasteiger partial charge on any atom is 0.241 e. The van der Waals surface area contributed by atoms with Crippen LogP contribution in [-0.4, -0.2) is 26.9 Å². The number of anilines is 2. The lowest BCUT2D eigenvalue weighted by Crippen LogP contribution is -2.30. The Labute approximate surface area is 191 Å². The lowest BCUT2D eigenvalue weighted by molar-refractivity contribution is -0.117. The molecule has 0 bridgehead atoms. The zero-order valence-electron chi connectivity index (χ0n) is 18.0. The van der Waals surface area contributed by atoms with E-state index in [2.05, 4.69) is 38.5 Å². The molecule has 162 valence electrons. The van der Waals surface area contributed by atoms with Gasteiger partial charge in [-0.1, -0.05) is 24.3 Å². The van der Waals surface area contributed by atoms with E-state index in [0.29, 0.717) is 18.3 Å². The van der Waals surface area contributed by atoms with Gasteiger partial charge in [-0.25, -0.2) is 9.97 Å². The second-order valence-corrected chi connectivity index (χ2v) is 8.10. The summed E-state index contributed by atoms with van der Waals surface area (Å²) in [6.45, 7) is 0.352. The number of nitrogens with zero attached hydrogens (tertiary/aromatic N) is 5. The molecule has 0 atom stereocenters. The maximum absolute atomic E-state index is 12.6. The molecule has 0 unspecified atom stereocenters. The summed E-state index contributed by atoms with van der Waals surface area (Å²) in [6, 6.07) is 20.3. The number of pyridine rings is 1. The van der Waals surface area contributed by atoms with Crippen molar-refractivity contribution in [2.75, 3.05) is 10.2 Å². The zero-order valence-corrected chi connectivity index (χ0v) is 18.0. The fourth-order valence-corrected chi connectivity index (χ4v) is 3.80. The van der Waals surface area contributed by atoms with Gasteiger partial charge >= 0.3 is 0 Å². The van der Waals surface area contributed by atoms with Gasteiger partial charge in [0.05, 0.1) is 30.0 Å². The molecule has 1 N–H and O–H groups in total. The van der Waals surface area contributed by atoms with E-state index in [1.54, 1.807) is 29.7 Å². The van der Waals surface area contributed by atoms with Gasteiger partial charge in [-0.2, -0.15) is 5.26 Å². The molecule has 2 heterocycles. The van der Waals surface area contributed by atoms with Crippen molar-refractivity contribution in [1.82, 2.24) is 15.0 Å². The average molecular weight is 435 g/mol. The standard InChI is InChI=1S/C26H22N6O/c27-11-10-25(33)32(22-5-2-12-28-15-22)16-18-3-1-4-19(13-18)20-6-9-24-23(14-20)26(30-17-29-24)31-21-7-8-21/h1-6,9,12-15,17,21H,7-8,10,16H2,(H,29,30,31). The van der Waals surface area contributed by atoms with E-state index in [4.69, 9.17) is 5.26 Å². The Hall–Kier alpha value is -4.31. The van der Waals surface area contributed by atoms with Crippen LogP contribution in [-0.2, 0) is 11.3 Å². The van der Waals surface area contributed by atoms with E-state index in [1.165, 1.54) is 12.8 Å². The van der Waals surface area contributed by atoms with E-state index in [9.17, 15) is 4.79 Å². The second kappa shape index (κ2) is 9.05. The number of carbonyl (C=O) groups excluding carboxylic acids is 1. The summed E-state index contributed by atoms with van der Waals surface area (Å²) >= 11 is 0. The van der Waals surface area contributed by atoms with Crippen molar-refractivity contribution < 1.29 is 4.79 Å². The summed E-state index contributed by atoms with van der Waals surface area (Å²) < 4.78 is 0. The van der Waals surface area contributed by atoms with Crippen molar-refractivity contribution in [3.63, 3.8) is 0 Å². The molecular formula is C26H22N6O. The van der Waals surface area contributed by atoms with Crippen LogP contribution >= 0.6 is 0 Å². The van der Waals surface area contributed by atoms with Gasteiger partial charge in [-0.15, -0.1) is 0 Å². The molecule has 0 spiro atoms. The molecule has 33 heavy (non-hydrogen) atoms. The minimum absolute atomic E-state index is 0.184. The third-order valence-corrected chi connectivity index (χ3v) is 5.64. The molecule has 1 aliphatic carbocycles. The summed E-state index contributed by atoms with van der Waals surface area (Å²) in [5.74, 6) is 0.611. The number of amides is 1. The van der Waals surface area contributed by atoms with Crippen LogP contribution < -0.4 is 10.2 Å². The first-order valence-corrected chi connectivity index (χ1v) is 10.9. The predicted molar refractivity (Wildman–Crippen MR) is 127 cm³/mol. The molecule has 1 aliphatic rings. The van der Waals surface area contributed by atoms with Gasteiger partial charge in [-0.3, -0.25) is 9.78 Å². The second-order valence-electron chi connectivity index (χ2n) is 8.10. The summed E-state index contributed by atoms with van der Waals surface area (Å²) in [4.78, 5) is 27.2. The van der Waals surface area contributed by atoms with Crippen molar-refractivity contribution in [1.29, 1.82) is 5.26 Å². The number of aromatic nitrogens is 3. The summed E-state index contributed by atoms with van der Waals surface area (Å²) in [6.07, 6.45) is 7.05. The Morgan fingerprint density at radius 3 is 2.76 bits per heavy atom. The van der Waals surface area contributed by atoms with Gasteiger partial charge in [0.25, 0.3) is 0 Å². The Balaban J connectivity index is 1.46. The van der Waals surface area contributed by atoms with Crippen LogP contribution in [0.1, 0.15) is 24.8 Å². The third kappa shape index (κ3) is 4.65. The number of hydrogen-bond acceptors (Lipinski definition) is 6. The van der Waals surface area contributed by atoms with E-state index < -0.39 is 0 Å². The van der Waals surface area contributed by atoms with Crippen LogP contribution in [0.3, 0.4) is 0 Å². The van der Waals surface area contributed by atoms with Crippen LogP contribution in [0, 0.1) is 11.3 Å². The lowest BCUT2D eigenvalue weighted by Gasteiger charge is -2.22. The monoisotopic (exact) mass is 434 g/mol. The molecule has 7 nitrogen and oxygen atoms in total. The van der Waals surface area contributed by atoms with Gasteiger partial charge in [0, 0.05) is 17.6 Å². The molecule has 7 heteroatoms.